The third-order valence-electron chi connectivity index (χ3n) is 3.76. The second kappa shape index (κ2) is 6.69. The van der Waals surface area contributed by atoms with Gasteiger partial charge < -0.3 is 9.47 Å². The molecule has 1 atom stereocenters. The summed E-state index contributed by atoms with van der Waals surface area (Å²) in [7, 11) is -3.90. The van der Waals surface area contributed by atoms with E-state index in [4.69, 9.17) is 9.47 Å². The minimum absolute atomic E-state index is 0.0155. The number of nitrogens with one attached hydrogen (secondary N) is 1. The van der Waals surface area contributed by atoms with Crippen molar-refractivity contribution in [3.8, 4) is 11.5 Å². The van der Waals surface area contributed by atoms with Crippen LogP contribution in [0.15, 0.2) is 47.4 Å². The molecule has 0 bridgehead atoms. The Morgan fingerprint density at radius 3 is 2.68 bits per heavy atom. The third-order valence-corrected chi connectivity index (χ3v) is 5.18. The largest absolute Gasteiger partial charge is 0.486 e. The van der Waals surface area contributed by atoms with Crippen LogP contribution in [-0.2, 0) is 10.0 Å². The van der Waals surface area contributed by atoms with Crippen molar-refractivity contribution in [3.05, 3.63) is 58.1 Å². The van der Waals surface area contributed by atoms with E-state index in [0.29, 0.717) is 17.1 Å². The Morgan fingerprint density at radius 1 is 1.24 bits per heavy atom. The standard InChI is InChI=1S/C16H16N2O6S/c1-11-6-7-13(8-14(11)18(19)20)25(21,22)17-9-12-10-23-15-4-2-3-5-16(15)24-12/h2-8,12,17H,9-10H2,1H3/t12-/m0/s1. The predicted molar refractivity (Wildman–Crippen MR) is 89.4 cm³/mol. The molecule has 0 spiro atoms. The van der Waals surface area contributed by atoms with Gasteiger partial charge in [0, 0.05) is 11.6 Å². The van der Waals surface area contributed by atoms with Gasteiger partial charge in [0.05, 0.1) is 16.4 Å². The van der Waals surface area contributed by atoms with Gasteiger partial charge in [-0.2, -0.15) is 0 Å². The Bertz CT molecular complexity index is 913. The normalized spacial score (nSPS) is 16.4. The SMILES string of the molecule is Cc1ccc(S(=O)(=O)NC[C@H]2COc3ccccc3O2)cc1[N+](=O)[O-]. The third kappa shape index (κ3) is 3.72. The van der Waals surface area contributed by atoms with Crippen LogP contribution in [0.25, 0.3) is 0 Å². The molecule has 0 amide bonds. The Labute approximate surface area is 144 Å². The number of benzene rings is 2. The second-order valence-corrected chi connectivity index (χ2v) is 7.32. The van der Waals surface area contributed by atoms with E-state index >= 15 is 0 Å². The van der Waals surface area contributed by atoms with E-state index < -0.39 is 21.1 Å². The summed E-state index contributed by atoms with van der Waals surface area (Å²) in [6, 6.07) is 10.9. The molecule has 0 saturated heterocycles. The summed E-state index contributed by atoms with van der Waals surface area (Å²) in [6.07, 6.45) is -0.495. The fourth-order valence-electron chi connectivity index (χ4n) is 2.40. The van der Waals surface area contributed by atoms with Crippen LogP contribution in [0.1, 0.15) is 5.56 Å². The first-order valence-electron chi connectivity index (χ1n) is 7.50. The minimum Gasteiger partial charge on any atom is -0.486 e. The molecule has 132 valence electrons. The number of para-hydroxylation sites is 2. The fourth-order valence-corrected chi connectivity index (χ4v) is 3.49. The van der Waals surface area contributed by atoms with Gasteiger partial charge in [-0.3, -0.25) is 10.1 Å². The van der Waals surface area contributed by atoms with Gasteiger partial charge in [0.1, 0.15) is 12.7 Å². The highest BCUT2D eigenvalue weighted by Gasteiger charge is 2.24. The summed E-state index contributed by atoms with van der Waals surface area (Å²) in [4.78, 5) is 10.2. The Kier molecular flexibility index (Phi) is 4.60. The van der Waals surface area contributed by atoms with Crippen LogP contribution in [0.3, 0.4) is 0 Å². The molecular weight excluding hydrogens is 348 g/mol. The molecule has 0 aromatic heterocycles. The maximum atomic E-state index is 12.4. The maximum Gasteiger partial charge on any atom is 0.273 e. The lowest BCUT2D eigenvalue weighted by molar-refractivity contribution is -0.385. The van der Waals surface area contributed by atoms with Crippen molar-refractivity contribution in [2.75, 3.05) is 13.2 Å². The number of nitro groups is 1. The highest BCUT2D eigenvalue weighted by atomic mass is 32.2. The van der Waals surface area contributed by atoms with Crippen LogP contribution in [0.5, 0.6) is 11.5 Å². The predicted octanol–water partition coefficient (Wildman–Crippen LogP) is 2.02. The molecule has 1 aliphatic rings. The van der Waals surface area contributed by atoms with E-state index in [1.807, 2.05) is 6.07 Å². The topological polar surface area (TPSA) is 108 Å². The van der Waals surface area contributed by atoms with Crippen LogP contribution >= 0.6 is 0 Å². The smallest absolute Gasteiger partial charge is 0.273 e. The number of nitro benzene ring substituents is 1. The average molecular weight is 364 g/mol. The molecule has 0 fully saturated rings. The molecule has 9 heteroatoms. The average Bonchev–Trinajstić information content (AvgIpc) is 2.60. The summed E-state index contributed by atoms with van der Waals surface area (Å²) < 4.78 is 38.4. The van der Waals surface area contributed by atoms with Crippen molar-refractivity contribution in [2.24, 2.45) is 0 Å². The Hall–Kier alpha value is -2.65. The molecule has 8 nitrogen and oxygen atoms in total. The molecule has 1 heterocycles. The highest BCUT2D eigenvalue weighted by molar-refractivity contribution is 7.89. The van der Waals surface area contributed by atoms with E-state index in [1.165, 1.54) is 12.1 Å². The molecule has 1 N–H and O–H groups in total. The minimum atomic E-state index is -3.90. The summed E-state index contributed by atoms with van der Waals surface area (Å²) in [5.41, 5.74) is 0.152. The number of ether oxygens (including phenoxy) is 2. The molecule has 25 heavy (non-hydrogen) atoms. The van der Waals surface area contributed by atoms with Gasteiger partial charge in [-0.05, 0) is 25.1 Å². The van der Waals surface area contributed by atoms with Crippen LogP contribution in [0, 0.1) is 17.0 Å². The fraction of sp³-hybridized carbons (Fsp3) is 0.250. The highest BCUT2D eigenvalue weighted by Crippen LogP contribution is 2.30. The molecule has 2 aromatic rings. The molecule has 0 unspecified atom stereocenters. The van der Waals surface area contributed by atoms with Gasteiger partial charge in [-0.15, -0.1) is 0 Å². The van der Waals surface area contributed by atoms with Gasteiger partial charge in [0.15, 0.2) is 11.5 Å². The zero-order valence-electron chi connectivity index (χ0n) is 13.3. The van der Waals surface area contributed by atoms with Gasteiger partial charge in [0.2, 0.25) is 10.0 Å². The zero-order chi connectivity index (χ0) is 18.0. The second-order valence-electron chi connectivity index (χ2n) is 5.55. The number of hydrogen-bond donors (Lipinski definition) is 1. The van der Waals surface area contributed by atoms with Gasteiger partial charge in [-0.1, -0.05) is 18.2 Å². The number of nitrogens with zero attached hydrogens (tertiary/aromatic N) is 1. The molecule has 1 aliphatic heterocycles. The molecule has 0 aliphatic carbocycles. The first kappa shape index (κ1) is 17.2. The van der Waals surface area contributed by atoms with E-state index in [0.717, 1.165) is 6.07 Å². The van der Waals surface area contributed by atoms with Crippen molar-refractivity contribution < 1.29 is 22.8 Å². The summed E-state index contributed by atoms with van der Waals surface area (Å²) in [5.74, 6) is 1.15. The van der Waals surface area contributed by atoms with Crippen molar-refractivity contribution >= 4 is 15.7 Å². The summed E-state index contributed by atoms with van der Waals surface area (Å²) in [6.45, 7) is 1.73. The Balaban J connectivity index is 1.71. The molecular formula is C16H16N2O6S. The molecule has 0 saturated carbocycles. The first-order chi connectivity index (χ1) is 11.9. The number of hydrogen-bond acceptors (Lipinski definition) is 6. The van der Waals surface area contributed by atoms with Crippen molar-refractivity contribution in [3.63, 3.8) is 0 Å². The van der Waals surface area contributed by atoms with E-state index in [1.54, 1.807) is 25.1 Å². The zero-order valence-corrected chi connectivity index (χ0v) is 14.2. The van der Waals surface area contributed by atoms with Crippen molar-refractivity contribution in [1.82, 2.24) is 4.72 Å². The van der Waals surface area contributed by atoms with Crippen molar-refractivity contribution in [2.45, 2.75) is 17.9 Å². The lowest BCUT2D eigenvalue weighted by Gasteiger charge is -2.26. The van der Waals surface area contributed by atoms with Crippen LogP contribution in [0.4, 0.5) is 5.69 Å². The van der Waals surface area contributed by atoms with Crippen LogP contribution in [-0.4, -0.2) is 32.6 Å². The van der Waals surface area contributed by atoms with Crippen LogP contribution in [0.2, 0.25) is 0 Å². The monoisotopic (exact) mass is 364 g/mol. The number of aryl methyl sites for hydroxylation is 1. The van der Waals surface area contributed by atoms with Gasteiger partial charge in [0.25, 0.3) is 5.69 Å². The van der Waals surface area contributed by atoms with Crippen LogP contribution < -0.4 is 14.2 Å². The van der Waals surface area contributed by atoms with E-state index in [-0.39, 0.29) is 23.7 Å². The molecule has 2 aromatic carbocycles. The number of rotatable bonds is 5. The van der Waals surface area contributed by atoms with E-state index in [2.05, 4.69) is 4.72 Å². The van der Waals surface area contributed by atoms with Gasteiger partial charge >= 0.3 is 0 Å². The van der Waals surface area contributed by atoms with Crippen molar-refractivity contribution in [1.29, 1.82) is 0 Å². The number of sulfonamides is 1. The maximum absolute atomic E-state index is 12.4. The summed E-state index contributed by atoms with van der Waals surface area (Å²) in [5, 5.41) is 11.0. The molecule has 3 rings (SSSR count). The quantitative estimate of drug-likeness (QED) is 0.642. The summed E-state index contributed by atoms with van der Waals surface area (Å²) >= 11 is 0. The van der Waals surface area contributed by atoms with Gasteiger partial charge in [-0.25, -0.2) is 13.1 Å². The lowest BCUT2D eigenvalue weighted by atomic mass is 10.2. The first-order valence-corrected chi connectivity index (χ1v) is 8.98. The Morgan fingerprint density at radius 2 is 1.96 bits per heavy atom. The lowest BCUT2D eigenvalue weighted by Crippen LogP contribution is -2.40. The number of fused-ring (bicyclic) bond motifs is 1. The molecule has 0 radical (unpaired) electrons. The van der Waals surface area contributed by atoms with E-state index in [9.17, 15) is 18.5 Å².